The molecule has 0 fully saturated rings. The van der Waals surface area contributed by atoms with E-state index in [9.17, 15) is 19.8 Å². The van der Waals surface area contributed by atoms with E-state index >= 15 is 0 Å². The summed E-state index contributed by atoms with van der Waals surface area (Å²) < 4.78 is 0. The minimum absolute atomic E-state index is 0.0807. The molecule has 0 radical (unpaired) electrons. The van der Waals surface area contributed by atoms with Crippen molar-refractivity contribution in [2.75, 3.05) is 0 Å². The van der Waals surface area contributed by atoms with E-state index in [2.05, 4.69) is 0 Å². The molecule has 96 valence electrons. The molecule has 1 aliphatic rings. The predicted molar refractivity (Wildman–Crippen MR) is 62.3 cm³/mol. The SMILES string of the molecule is O=C(O)CC(O)C(O)c1ccc2c(c1)CCC2=O. The van der Waals surface area contributed by atoms with Gasteiger partial charge in [0.2, 0.25) is 0 Å². The summed E-state index contributed by atoms with van der Waals surface area (Å²) in [5.74, 6) is -1.09. The highest BCUT2D eigenvalue weighted by atomic mass is 16.4. The van der Waals surface area contributed by atoms with E-state index in [1.807, 2.05) is 0 Å². The van der Waals surface area contributed by atoms with Gasteiger partial charge in [-0.15, -0.1) is 0 Å². The third kappa shape index (κ3) is 2.42. The van der Waals surface area contributed by atoms with Crippen LogP contribution in [0.5, 0.6) is 0 Å². The van der Waals surface area contributed by atoms with E-state index in [1.165, 1.54) is 0 Å². The van der Waals surface area contributed by atoms with Crippen molar-refractivity contribution in [3.63, 3.8) is 0 Å². The van der Waals surface area contributed by atoms with Gasteiger partial charge in [0.25, 0.3) is 0 Å². The Morgan fingerprint density at radius 2 is 2.00 bits per heavy atom. The molecule has 0 aromatic heterocycles. The maximum atomic E-state index is 11.4. The quantitative estimate of drug-likeness (QED) is 0.730. The number of benzene rings is 1. The third-order valence-electron chi connectivity index (χ3n) is 3.14. The average molecular weight is 250 g/mol. The first-order chi connectivity index (χ1) is 8.49. The maximum absolute atomic E-state index is 11.4. The fourth-order valence-electron chi connectivity index (χ4n) is 2.17. The van der Waals surface area contributed by atoms with Crippen LogP contribution in [0.1, 0.15) is 40.4 Å². The number of carbonyl (C=O) groups excluding carboxylic acids is 1. The van der Waals surface area contributed by atoms with Gasteiger partial charge in [-0.25, -0.2) is 0 Å². The standard InChI is InChI=1S/C13H14O5/c14-10-4-2-7-5-8(1-3-9(7)10)13(18)11(15)6-12(16)17/h1,3,5,11,13,15,18H,2,4,6H2,(H,16,17). The molecule has 5 nitrogen and oxygen atoms in total. The monoisotopic (exact) mass is 250 g/mol. The predicted octanol–water partition coefficient (Wildman–Crippen LogP) is 0.685. The van der Waals surface area contributed by atoms with E-state index in [1.54, 1.807) is 18.2 Å². The van der Waals surface area contributed by atoms with Gasteiger partial charge < -0.3 is 15.3 Å². The van der Waals surface area contributed by atoms with Crippen molar-refractivity contribution in [1.82, 2.24) is 0 Å². The third-order valence-corrected chi connectivity index (χ3v) is 3.14. The lowest BCUT2D eigenvalue weighted by Crippen LogP contribution is -2.21. The molecule has 1 aromatic rings. The number of aliphatic hydroxyl groups is 2. The molecule has 3 N–H and O–H groups in total. The number of fused-ring (bicyclic) bond motifs is 1. The number of aliphatic carboxylic acids is 1. The lowest BCUT2D eigenvalue weighted by molar-refractivity contribution is -0.141. The number of ketones is 1. The Bertz CT molecular complexity index is 494. The van der Waals surface area contributed by atoms with Crippen LogP contribution in [0.15, 0.2) is 18.2 Å². The molecule has 5 heteroatoms. The topological polar surface area (TPSA) is 94.8 Å². The molecule has 0 heterocycles. The van der Waals surface area contributed by atoms with E-state index in [4.69, 9.17) is 5.11 Å². The van der Waals surface area contributed by atoms with Gasteiger partial charge >= 0.3 is 5.97 Å². The number of hydrogen-bond acceptors (Lipinski definition) is 4. The summed E-state index contributed by atoms with van der Waals surface area (Å²) in [6.45, 7) is 0. The van der Waals surface area contributed by atoms with Crippen LogP contribution in [0.2, 0.25) is 0 Å². The van der Waals surface area contributed by atoms with Gasteiger partial charge in [0.15, 0.2) is 5.78 Å². The van der Waals surface area contributed by atoms with E-state index in [-0.39, 0.29) is 5.78 Å². The Morgan fingerprint density at radius 3 is 2.67 bits per heavy atom. The van der Waals surface area contributed by atoms with Crippen molar-refractivity contribution >= 4 is 11.8 Å². The summed E-state index contributed by atoms with van der Waals surface area (Å²) in [4.78, 5) is 21.9. The zero-order chi connectivity index (χ0) is 13.3. The van der Waals surface area contributed by atoms with Crippen LogP contribution in [-0.2, 0) is 11.2 Å². The van der Waals surface area contributed by atoms with Gasteiger partial charge in [-0.1, -0.05) is 18.2 Å². The van der Waals surface area contributed by atoms with Crippen molar-refractivity contribution in [2.45, 2.75) is 31.5 Å². The fraction of sp³-hybridized carbons (Fsp3) is 0.385. The van der Waals surface area contributed by atoms with Gasteiger partial charge in [-0.05, 0) is 17.5 Å². The first kappa shape index (κ1) is 12.7. The zero-order valence-electron chi connectivity index (χ0n) is 9.67. The second-order valence-electron chi connectivity index (χ2n) is 4.45. The zero-order valence-corrected chi connectivity index (χ0v) is 9.67. The number of aliphatic hydroxyl groups excluding tert-OH is 2. The number of carbonyl (C=O) groups is 2. The van der Waals surface area contributed by atoms with Gasteiger partial charge in [-0.2, -0.15) is 0 Å². The van der Waals surface area contributed by atoms with Gasteiger partial charge in [0.05, 0.1) is 12.5 Å². The Labute approximate surface area is 104 Å². The molecule has 0 saturated carbocycles. The number of aryl methyl sites for hydroxylation is 1. The lowest BCUT2D eigenvalue weighted by atomic mass is 9.98. The van der Waals surface area contributed by atoms with Crippen LogP contribution in [0.3, 0.4) is 0 Å². The molecular formula is C13H14O5. The normalized spacial score (nSPS) is 17.3. The lowest BCUT2D eigenvalue weighted by Gasteiger charge is -2.17. The number of hydrogen-bond donors (Lipinski definition) is 3. The van der Waals surface area contributed by atoms with Crippen molar-refractivity contribution in [1.29, 1.82) is 0 Å². The summed E-state index contributed by atoms with van der Waals surface area (Å²) in [7, 11) is 0. The summed E-state index contributed by atoms with van der Waals surface area (Å²) in [6, 6.07) is 4.84. The average Bonchev–Trinajstić information content (AvgIpc) is 2.69. The maximum Gasteiger partial charge on any atom is 0.306 e. The number of rotatable bonds is 4. The smallest absolute Gasteiger partial charge is 0.306 e. The summed E-state index contributed by atoms with van der Waals surface area (Å²) in [5.41, 5.74) is 1.94. The first-order valence-electron chi connectivity index (χ1n) is 5.73. The largest absolute Gasteiger partial charge is 0.481 e. The minimum Gasteiger partial charge on any atom is -0.481 e. The highest BCUT2D eigenvalue weighted by Gasteiger charge is 2.24. The first-order valence-corrected chi connectivity index (χ1v) is 5.73. The summed E-state index contributed by atoms with van der Waals surface area (Å²) in [6.07, 6.45) is -2.02. The second kappa shape index (κ2) is 4.88. The van der Waals surface area contributed by atoms with Crippen LogP contribution in [0, 0.1) is 0 Å². The number of Topliss-reactive ketones (excluding diaryl/α,β-unsaturated/α-hetero) is 1. The van der Waals surface area contributed by atoms with Gasteiger partial charge in [0, 0.05) is 12.0 Å². The minimum atomic E-state index is -1.35. The molecule has 1 aliphatic carbocycles. The Balaban J connectivity index is 2.19. The molecule has 18 heavy (non-hydrogen) atoms. The molecule has 2 rings (SSSR count). The number of carboxylic acid groups (broad SMARTS) is 1. The van der Waals surface area contributed by atoms with Gasteiger partial charge in [-0.3, -0.25) is 9.59 Å². The molecule has 0 spiro atoms. The Hall–Kier alpha value is -1.72. The van der Waals surface area contributed by atoms with Crippen LogP contribution < -0.4 is 0 Å². The molecule has 0 bridgehead atoms. The molecule has 0 amide bonds. The van der Waals surface area contributed by atoms with Crippen molar-refractivity contribution in [3.05, 3.63) is 34.9 Å². The molecule has 0 saturated heterocycles. The summed E-state index contributed by atoms with van der Waals surface area (Å²) >= 11 is 0. The highest BCUT2D eigenvalue weighted by molar-refractivity contribution is 6.00. The molecule has 1 aromatic carbocycles. The van der Waals surface area contributed by atoms with E-state index in [0.29, 0.717) is 24.0 Å². The second-order valence-corrected chi connectivity index (χ2v) is 4.45. The van der Waals surface area contributed by atoms with Crippen molar-refractivity contribution < 1.29 is 24.9 Å². The molecule has 0 aliphatic heterocycles. The fourth-order valence-corrected chi connectivity index (χ4v) is 2.17. The molecule has 2 atom stereocenters. The van der Waals surface area contributed by atoms with Crippen LogP contribution >= 0.6 is 0 Å². The van der Waals surface area contributed by atoms with Crippen molar-refractivity contribution in [3.8, 4) is 0 Å². The van der Waals surface area contributed by atoms with E-state index in [0.717, 1.165) is 5.56 Å². The van der Waals surface area contributed by atoms with Crippen LogP contribution in [0.4, 0.5) is 0 Å². The number of carboxylic acids is 1. The highest BCUT2D eigenvalue weighted by Crippen LogP contribution is 2.27. The Morgan fingerprint density at radius 1 is 1.28 bits per heavy atom. The Kier molecular flexibility index (Phi) is 3.45. The molecule has 2 unspecified atom stereocenters. The molecular weight excluding hydrogens is 236 g/mol. The summed E-state index contributed by atoms with van der Waals surface area (Å²) in [5, 5.41) is 27.9. The van der Waals surface area contributed by atoms with Crippen LogP contribution in [-0.4, -0.2) is 33.2 Å². The van der Waals surface area contributed by atoms with E-state index < -0.39 is 24.6 Å². The van der Waals surface area contributed by atoms with Crippen molar-refractivity contribution in [2.24, 2.45) is 0 Å². The van der Waals surface area contributed by atoms with Gasteiger partial charge in [0.1, 0.15) is 6.10 Å². The van der Waals surface area contributed by atoms with Crippen LogP contribution in [0.25, 0.3) is 0 Å².